The van der Waals surface area contributed by atoms with Crippen LogP contribution in [0.5, 0.6) is 0 Å². The monoisotopic (exact) mass is 159 g/mol. The maximum atomic E-state index is 3.52. The first-order valence-electron chi connectivity index (χ1n) is 3.90. The van der Waals surface area contributed by atoms with Crippen molar-refractivity contribution >= 4 is 11.8 Å². The molecule has 1 aliphatic rings. The number of nitrogens with one attached hydrogen (secondary N) is 1. The van der Waals surface area contributed by atoms with Gasteiger partial charge in [-0.3, -0.25) is 0 Å². The third kappa shape index (κ3) is 2.17. The lowest BCUT2D eigenvalue weighted by molar-refractivity contribution is 0.255. The molecular weight excluding hydrogens is 142 g/mol. The van der Waals surface area contributed by atoms with Crippen molar-refractivity contribution in [3.8, 4) is 0 Å². The summed E-state index contributed by atoms with van der Waals surface area (Å²) in [5.74, 6) is 0. The molecule has 1 unspecified atom stereocenters. The molecule has 0 aliphatic carbocycles. The van der Waals surface area contributed by atoms with Crippen molar-refractivity contribution in [1.29, 1.82) is 0 Å². The maximum absolute atomic E-state index is 3.52. The lowest BCUT2D eigenvalue weighted by atomic mass is 9.85. The van der Waals surface area contributed by atoms with Gasteiger partial charge in [-0.2, -0.15) is 0 Å². The highest BCUT2D eigenvalue weighted by Crippen LogP contribution is 2.29. The normalized spacial score (nSPS) is 32.1. The molecule has 60 valence electrons. The molecule has 1 aliphatic heterocycles. The summed E-state index contributed by atoms with van der Waals surface area (Å²) in [7, 11) is 0. The van der Waals surface area contributed by atoms with E-state index in [2.05, 4.69) is 25.4 Å². The van der Waals surface area contributed by atoms with Crippen LogP contribution in [0.3, 0.4) is 0 Å². The van der Waals surface area contributed by atoms with E-state index in [1.807, 2.05) is 11.8 Å². The van der Waals surface area contributed by atoms with Gasteiger partial charge in [-0.25, -0.2) is 0 Å². The van der Waals surface area contributed by atoms with Gasteiger partial charge in [0.1, 0.15) is 0 Å². The number of hydrogen-bond acceptors (Lipinski definition) is 2. The van der Waals surface area contributed by atoms with Crippen LogP contribution < -0.4 is 5.32 Å². The molecule has 0 amide bonds. The van der Waals surface area contributed by atoms with E-state index in [0.717, 1.165) is 0 Å². The third-order valence-electron chi connectivity index (χ3n) is 2.18. The fourth-order valence-electron chi connectivity index (χ4n) is 1.30. The molecule has 0 aromatic heterocycles. The summed E-state index contributed by atoms with van der Waals surface area (Å²) in [5.41, 5.74) is 0.534. The molecule has 0 spiro atoms. The lowest BCUT2D eigenvalue weighted by Gasteiger charge is -2.34. The quantitative estimate of drug-likeness (QED) is 0.628. The smallest absolute Gasteiger partial charge is 0.0529 e. The van der Waals surface area contributed by atoms with Gasteiger partial charge in [0.25, 0.3) is 0 Å². The molecule has 1 atom stereocenters. The van der Waals surface area contributed by atoms with Crippen LogP contribution in [0.4, 0.5) is 0 Å². The lowest BCUT2D eigenvalue weighted by Crippen LogP contribution is -2.41. The minimum absolute atomic E-state index is 0.534. The molecule has 1 nitrogen and oxygen atoms in total. The minimum Gasteiger partial charge on any atom is -0.305 e. The van der Waals surface area contributed by atoms with Crippen LogP contribution in [0.2, 0.25) is 0 Å². The van der Waals surface area contributed by atoms with Crippen LogP contribution in [-0.2, 0) is 0 Å². The van der Waals surface area contributed by atoms with Crippen molar-refractivity contribution in [2.45, 2.75) is 32.1 Å². The van der Waals surface area contributed by atoms with Crippen molar-refractivity contribution in [3.05, 3.63) is 0 Å². The van der Waals surface area contributed by atoms with E-state index >= 15 is 0 Å². The topological polar surface area (TPSA) is 12.0 Å². The van der Waals surface area contributed by atoms with E-state index < -0.39 is 0 Å². The second kappa shape index (κ2) is 3.14. The highest BCUT2D eigenvalue weighted by Gasteiger charge is 2.25. The van der Waals surface area contributed by atoms with E-state index in [0.29, 0.717) is 10.8 Å². The first-order chi connectivity index (χ1) is 4.64. The second-order valence-corrected chi connectivity index (χ2v) is 4.85. The van der Waals surface area contributed by atoms with Crippen LogP contribution in [-0.4, -0.2) is 18.2 Å². The van der Waals surface area contributed by atoms with Gasteiger partial charge < -0.3 is 5.32 Å². The zero-order chi connectivity index (χ0) is 7.61. The van der Waals surface area contributed by atoms with Crippen molar-refractivity contribution < 1.29 is 0 Å². The Balaban J connectivity index is 2.31. The Kier molecular flexibility index (Phi) is 2.64. The van der Waals surface area contributed by atoms with Gasteiger partial charge in [-0.15, -0.1) is 11.8 Å². The molecule has 10 heavy (non-hydrogen) atoms. The summed E-state index contributed by atoms with van der Waals surface area (Å²) in [6.45, 7) is 5.84. The predicted molar refractivity (Wildman–Crippen MR) is 48.3 cm³/mol. The summed E-state index contributed by atoms with van der Waals surface area (Å²) >= 11 is 1.94. The zero-order valence-electron chi connectivity index (χ0n) is 7.11. The first kappa shape index (κ1) is 8.41. The van der Waals surface area contributed by atoms with E-state index in [1.165, 1.54) is 19.4 Å². The average Bonchev–Trinajstić information content (AvgIpc) is 1.88. The molecule has 0 radical (unpaired) electrons. The highest BCUT2D eigenvalue weighted by molar-refractivity contribution is 7.99. The fraction of sp³-hybridized carbons (Fsp3) is 1.00. The Morgan fingerprint density at radius 1 is 1.50 bits per heavy atom. The number of piperidine rings is 1. The van der Waals surface area contributed by atoms with Crippen LogP contribution >= 0.6 is 11.8 Å². The summed E-state index contributed by atoms with van der Waals surface area (Å²) < 4.78 is 0. The van der Waals surface area contributed by atoms with Crippen LogP contribution in [0.1, 0.15) is 26.7 Å². The van der Waals surface area contributed by atoms with Gasteiger partial charge in [-0.1, -0.05) is 13.8 Å². The van der Waals surface area contributed by atoms with Gasteiger partial charge in [-0.05, 0) is 24.5 Å². The first-order valence-corrected chi connectivity index (χ1v) is 5.19. The molecule has 0 aromatic carbocycles. The summed E-state index contributed by atoms with van der Waals surface area (Å²) in [6.07, 6.45) is 4.87. The minimum atomic E-state index is 0.534. The maximum Gasteiger partial charge on any atom is 0.0529 e. The standard InChI is InChI=1S/C8H17NS/c1-8(2)5-4-7(10-3)9-6-8/h7,9H,4-6H2,1-3H3. The fourth-order valence-corrected chi connectivity index (χ4v) is 1.91. The molecule has 2 heteroatoms. The third-order valence-corrected chi connectivity index (χ3v) is 3.15. The highest BCUT2D eigenvalue weighted by atomic mass is 32.2. The van der Waals surface area contributed by atoms with E-state index in [4.69, 9.17) is 0 Å². The average molecular weight is 159 g/mol. The SMILES string of the molecule is CSC1CCC(C)(C)CN1. The Morgan fingerprint density at radius 3 is 2.60 bits per heavy atom. The van der Waals surface area contributed by atoms with Gasteiger partial charge in [0, 0.05) is 6.54 Å². The Bertz CT molecular complexity index is 102. The Labute approximate surface area is 68.0 Å². The Hall–Kier alpha value is 0.310. The van der Waals surface area contributed by atoms with Gasteiger partial charge >= 0.3 is 0 Å². The summed E-state index contributed by atoms with van der Waals surface area (Å²) in [5, 5.41) is 4.24. The van der Waals surface area contributed by atoms with Crippen LogP contribution in [0, 0.1) is 5.41 Å². The van der Waals surface area contributed by atoms with Crippen molar-refractivity contribution in [2.75, 3.05) is 12.8 Å². The van der Waals surface area contributed by atoms with Gasteiger partial charge in [0.05, 0.1) is 5.37 Å². The molecule has 1 N–H and O–H groups in total. The molecule has 0 aromatic rings. The van der Waals surface area contributed by atoms with Gasteiger partial charge in [0.2, 0.25) is 0 Å². The van der Waals surface area contributed by atoms with Crippen LogP contribution in [0.25, 0.3) is 0 Å². The van der Waals surface area contributed by atoms with E-state index in [-0.39, 0.29) is 0 Å². The van der Waals surface area contributed by atoms with E-state index in [9.17, 15) is 0 Å². The predicted octanol–water partition coefficient (Wildman–Crippen LogP) is 2.09. The zero-order valence-corrected chi connectivity index (χ0v) is 7.92. The summed E-state index contributed by atoms with van der Waals surface area (Å²) in [4.78, 5) is 0. The molecular formula is C8H17NS. The number of thioether (sulfide) groups is 1. The van der Waals surface area contributed by atoms with Crippen LogP contribution in [0.15, 0.2) is 0 Å². The summed E-state index contributed by atoms with van der Waals surface area (Å²) in [6, 6.07) is 0. The van der Waals surface area contributed by atoms with Crippen molar-refractivity contribution in [2.24, 2.45) is 5.41 Å². The molecule has 1 fully saturated rings. The number of rotatable bonds is 1. The molecule has 0 saturated carbocycles. The van der Waals surface area contributed by atoms with E-state index in [1.54, 1.807) is 0 Å². The molecule has 1 rings (SSSR count). The molecule has 1 saturated heterocycles. The molecule has 1 heterocycles. The van der Waals surface area contributed by atoms with Gasteiger partial charge in [0.15, 0.2) is 0 Å². The Morgan fingerprint density at radius 2 is 2.20 bits per heavy atom. The molecule has 0 bridgehead atoms. The second-order valence-electron chi connectivity index (χ2n) is 3.81. The number of hydrogen-bond donors (Lipinski definition) is 1. The van der Waals surface area contributed by atoms with Crippen molar-refractivity contribution in [1.82, 2.24) is 5.32 Å². The largest absolute Gasteiger partial charge is 0.305 e. The van der Waals surface area contributed by atoms with Crippen molar-refractivity contribution in [3.63, 3.8) is 0 Å².